The number of carboxylic acids is 1. The molecule has 0 amide bonds. The summed E-state index contributed by atoms with van der Waals surface area (Å²) >= 11 is 0. The first-order valence-electron chi connectivity index (χ1n) is 17.6. The van der Waals surface area contributed by atoms with E-state index in [0.717, 1.165) is 68.7 Å². The summed E-state index contributed by atoms with van der Waals surface area (Å²) in [4.78, 5) is 12.0. The zero-order valence-electron chi connectivity index (χ0n) is 27.4. The van der Waals surface area contributed by atoms with Crippen LogP contribution in [0.4, 0.5) is 0 Å². The molecule has 0 spiro atoms. The molecule has 1 aliphatic heterocycles. The third-order valence-corrected chi connectivity index (χ3v) is 11.2. The van der Waals surface area contributed by atoms with Gasteiger partial charge in [0.15, 0.2) is 0 Å². The fourth-order valence-corrected chi connectivity index (χ4v) is 8.59. The normalized spacial score (nSPS) is 21.2. The molecule has 246 valence electrons. The summed E-state index contributed by atoms with van der Waals surface area (Å²) in [6, 6.07) is 28.4. The predicted octanol–water partition coefficient (Wildman–Crippen LogP) is 8.95. The van der Waals surface area contributed by atoms with Crippen LogP contribution in [0.5, 0.6) is 5.75 Å². The average molecular weight is 641 g/mol. The maximum Gasteiger partial charge on any atom is 0.337 e. The molecule has 0 radical (unpaired) electrons. The Labute approximate surface area is 282 Å². The minimum absolute atomic E-state index is 0.167. The first-order valence-corrected chi connectivity index (χ1v) is 17.6. The molecule has 6 nitrogen and oxygen atoms in total. The van der Waals surface area contributed by atoms with Crippen LogP contribution in [0.15, 0.2) is 91.1 Å². The lowest BCUT2D eigenvalue weighted by molar-refractivity contribution is 0.0698. The average Bonchev–Trinajstić information content (AvgIpc) is 3.84. The Morgan fingerprint density at radius 3 is 2.38 bits per heavy atom. The number of aromatic nitrogens is 1. The SMILES string of the molecule is N[C@@H]1COc2ccc(-c3cc(-c4ccc(CC5CC(CC6CCCC6)C5)cc4)cc([C@H](O)Cn4ccc5cccc(C(=O)O)c54)c3)cc21. The van der Waals surface area contributed by atoms with E-state index in [1.54, 1.807) is 12.1 Å². The second-order valence-corrected chi connectivity index (χ2v) is 14.5. The van der Waals surface area contributed by atoms with Gasteiger partial charge >= 0.3 is 5.97 Å². The molecule has 6 heteroatoms. The van der Waals surface area contributed by atoms with E-state index in [-0.39, 0.29) is 18.2 Å². The van der Waals surface area contributed by atoms with Crippen LogP contribution in [0, 0.1) is 17.8 Å². The smallest absolute Gasteiger partial charge is 0.337 e. The molecule has 0 unspecified atom stereocenters. The number of para-hydroxylation sites is 1. The van der Waals surface area contributed by atoms with Gasteiger partial charge in [0, 0.05) is 17.1 Å². The van der Waals surface area contributed by atoms with Crippen LogP contribution in [0.2, 0.25) is 0 Å². The quantitative estimate of drug-likeness (QED) is 0.142. The van der Waals surface area contributed by atoms with Gasteiger partial charge in [0.2, 0.25) is 0 Å². The van der Waals surface area contributed by atoms with Gasteiger partial charge in [0.05, 0.1) is 29.8 Å². The third kappa shape index (κ3) is 6.15. The molecule has 2 heterocycles. The van der Waals surface area contributed by atoms with Crippen LogP contribution < -0.4 is 10.5 Å². The van der Waals surface area contributed by atoms with Crippen molar-refractivity contribution in [3.8, 4) is 28.0 Å². The van der Waals surface area contributed by atoms with Gasteiger partial charge < -0.3 is 25.3 Å². The maximum atomic E-state index is 12.0. The Morgan fingerprint density at radius 1 is 0.854 bits per heavy atom. The fourth-order valence-electron chi connectivity index (χ4n) is 8.59. The molecule has 2 saturated carbocycles. The lowest BCUT2D eigenvalue weighted by atomic mass is 9.69. The molecule has 5 aromatic rings. The number of fused-ring (bicyclic) bond motifs is 2. The highest BCUT2D eigenvalue weighted by atomic mass is 16.5. The predicted molar refractivity (Wildman–Crippen MR) is 190 cm³/mol. The number of hydrogen-bond donors (Lipinski definition) is 3. The first kappa shape index (κ1) is 30.9. The summed E-state index contributed by atoms with van der Waals surface area (Å²) in [5.74, 6) is 2.56. The molecule has 2 atom stereocenters. The molecule has 2 fully saturated rings. The minimum atomic E-state index is -0.984. The second kappa shape index (κ2) is 12.9. The van der Waals surface area contributed by atoms with Crippen molar-refractivity contribution in [2.75, 3.05) is 6.61 Å². The van der Waals surface area contributed by atoms with E-state index >= 15 is 0 Å². The van der Waals surface area contributed by atoms with Crippen molar-refractivity contribution in [2.24, 2.45) is 23.5 Å². The summed E-state index contributed by atoms with van der Waals surface area (Å²) in [7, 11) is 0. The summed E-state index contributed by atoms with van der Waals surface area (Å²) in [5, 5.41) is 22.4. The molecule has 4 aromatic carbocycles. The van der Waals surface area contributed by atoms with E-state index in [1.165, 1.54) is 50.5 Å². The number of benzene rings is 4. The number of carbonyl (C=O) groups is 1. The second-order valence-electron chi connectivity index (χ2n) is 14.5. The van der Waals surface area contributed by atoms with Crippen molar-refractivity contribution in [2.45, 2.75) is 70.1 Å². The van der Waals surface area contributed by atoms with Gasteiger partial charge in [-0.1, -0.05) is 68.1 Å². The van der Waals surface area contributed by atoms with Crippen molar-refractivity contribution < 1.29 is 19.7 Å². The van der Waals surface area contributed by atoms with Crippen LogP contribution in [-0.4, -0.2) is 27.4 Å². The van der Waals surface area contributed by atoms with Crippen LogP contribution in [0.3, 0.4) is 0 Å². The van der Waals surface area contributed by atoms with E-state index in [9.17, 15) is 15.0 Å². The van der Waals surface area contributed by atoms with Gasteiger partial charge in [-0.2, -0.15) is 0 Å². The number of hydrogen-bond acceptors (Lipinski definition) is 4. The summed E-state index contributed by atoms with van der Waals surface area (Å²) < 4.78 is 7.60. The highest BCUT2D eigenvalue weighted by Crippen LogP contribution is 2.43. The fraction of sp³-hybridized carbons (Fsp3) is 0.357. The summed E-state index contributed by atoms with van der Waals surface area (Å²) in [5.41, 5.74) is 14.5. The lowest BCUT2D eigenvalue weighted by Crippen LogP contribution is -2.26. The van der Waals surface area contributed by atoms with Gasteiger partial charge in [-0.3, -0.25) is 0 Å². The van der Waals surface area contributed by atoms with Crippen LogP contribution in [0.25, 0.3) is 33.2 Å². The maximum absolute atomic E-state index is 12.0. The number of nitrogens with two attached hydrogens (primary N) is 1. The van der Waals surface area contributed by atoms with E-state index in [4.69, 9.17) is 10.5 Å². The zero-order valence-corrected chi connectivity index (χ0v) is 27.4. The van der Waals surface area contributed by atoms with Crippen molar-refractivity contribution in [3.05, 3.63) is 113 Å². The van der Waals surface area contributed by atoms with Gasteiger partial charge in [-0.25, -0.2) is 4.79 Å². The standard InChI is InChI=1S/C42H44N2O4/c43-38-25-48-40-13-12-32(23-37(38)40)34-20-33(30-10-8-27(9-11-30)17-29-18-28(19-29)16-26-4-1-2-5-26)21-35(22-34)39(45)24-44-15-14-31-6-3-7-36(41(31)44)42(46)47/h3,6-15,20-23,26,28-29,38-39,45H,1-2,4-5,16-19,24-25,43H2,(H,46,47)/t28?,29?,38-,39-/m1/s1. The molecular formula is C42H44N2O4. The number of ether oxygens (including phenoxy) is 1. The number of aliphatic hydroxyl groups excluding tert-OH is 1. The molecule has 0 saturated heterocycles. The van der Waals surface area contributed by atoms with Crippen molar-refractivity contribution in [3.63, 3.8) is 0 Å². The Balaban J connectivity index is 1.07. The van der Waals surface area contributed by atoms with Crippen LogP contribution in [-0.2, 0) is 13.0 Å². The van der Waals surface area contributed by atoms with Crippen molar-refractivity contribution in [1.82, 2.24) is 4.57 Å². The van der Waals surface area contributed by atoms with E-state index in [1.807, 2.05) is 41.1 Å². The molecule has 8 rings (SSSR count). The zero-order chi connectivity index (χ0) is 32.8. The van der Waals surface area contributed by atoms with E-state index in [0.29, 0.717) is 12.1 Å². The van der Waals surface area contributed by atoms with Gasteiger partial charge in [-0.05, 0) is 119 Å². The van der Waals surface area contributed by atoms with E-state index in [2.05, 4.69) is 42.5 Å². The Kier molecular flexibility index (Phi) is 8.31. The Hall–Kier alpha value is -4.39. The van der Waals surface area contributed by atoms with Gasteiger partial charge in [0.25, 0.3) is 0 Å². The molecule has 48 heavy (non-hydrogen) atoms. The number of nitrogens with zero attached hydrogens (tertiary/aromatic N) is 1. The van der Waals surface area contributed by atoms with E-state index < -0.39 is 12.1 Å². The highest BCUT2D eigenvalue weighted by Gasteiger charge is 2.31. The molecular weight excluding hydrogens is 596 g/mol. The van der Waals surface area contributed by atoms with Gasteiger partial charge in [0.1, 0.15) is 12.4 Å². The number of rotatable bonds is 10. The highest BCUT2D eigenvalue weighted by molar-refractivity contribution is 6.02. The minimum Gasteiger partial charge on any atom is -0.491 e. The van der Waals surface area contributed by atoms with Crippen LogP contribution >= 0.6 is 0 Å². The van der Waals surface area contributed by atoms with Crippen molar-refractivity contribution in [1.29, 1.82) is 0 Å². The van der Waals surface area contributed by atoms with Crippen LogP contribution in [0.1, 0.15) is 84.1 Å². The third-order valence-electron chi connectivity index (χ3n) is 11.2. The topological polar surface area (TPSA) is 97.7 Å². The number of carboxylic acid groups (broad SMARTS) is 1. The monoisotopic (exact) mass is 640 g/mol. The molecule has 2 aliphatic carbocycles. The molecule has 1 aromatic heterocycles. The largest absolute Gasteiger partial charge is 0.491 e. The number of aromatic carboxylic acids is 1. The van der Waals surface area contributed by atoms with Crippen molar-refractivity contribution >= 4 is 16.9 Å². The van der Waals surface area contributed by atoms with Gasteiger partial charge in [-0.15, -0.1) is 0 Å². The first-order chi connectivity index (χ1) is 23.4. The number of aliphatic hydroxyl groups is 1. The summed E-state index contributed by atoms with van der Waals surface area (Å²) in [6.45, 7) is 0.696. The lowest BCUT2D eigenvalue weighted by Gasteiger charge is -2.37. The summed E-state index contributed by atoms with van der Waals surface area (Å²) in [6.07, 6.45) is 12.1. The molecule has 0 bridgehead atoms. The Bertz CT molecular complexity index is 1950. The Morgan fingerprint density at radius 2 is 1.60 bits per heavy atom. The molecule has 3 aliphatic rings. The molecule has 4 N–H and O–H groups in total.